The average Bonchev–Trinajstić information content (AvgIpc) is 3.01. The summed E-state index contributed by atoms with van der Waals surface area (Å²) in [6.07, 6.45) is 6.94. The van der Waals surface area contributed by atoms with Crippen LogP contribution in [-0.2, 0) is 14.0 Å². The van der Waals surface area contributed by atoms with Crippen LogP contribution >= 0.6 is 0 Å². The molecular weight excluding hydrogens is 321 g/mol. The van der Waals surface area contributed by atoms with Crippen LogP contribution in [0.4, 0.5) is 4.79 Å². The summed E-state index contributed by atoms with van der Waals surface area (Å²) in [5.74, 6) is 0. The summed E-state index contributed by atoms with van der Waals surface area (Å²) in [7, 11) is -0.436. The number of carbonyl (C=O) groups excluding carboxylic acids is 1. The molecule has 0 spiro atoms. The highest BCUT2D eigenvalue weighted by Crippen LogP contribution is 2.36. The lowest BCUT2D eigenvalue weighted by atomic mass is 9.82. The van der Waals surface area contributed by atoms with Crippen molar-refractivity contribution in [3.05, 3.63) is 18.6 Å². The Kier molecular flexibility index (Phi) is 4.68. The first kappa shape index (κ1) is 18.0. The Bertz CT molecular complexity index is 667. The molecule has 0 saturated carbocycles. The van der Waals surface area contributed by atoms with Gasteiger partial charge in [0.2, 0.25) is 0 Å². The van der Waals surface area contributed by atoms with E-state index in [4.69, 9.17) is 14.0 Å². The van der Waals surface area contributed by atoms with E-state index >= 15 is 0 Å². The van der Waals surface area contributed by atoms with Crippen molar-refractivity contribution in [2.24, 2.45) is 0 Å². The summed E-state index contributed by atoms with van der Waals surface area (Å²) in [5, 5.41) is 4.36. The number of hydrogen-bond acceptors (Lipinski definition) is 5. The molecule has 2 aliphatic heterocycles. The van der Waals surface area contributed by atoms with E-state index in [0.29, 0.717) is 13.2 Å². The first-order chi connectivity index (χ1) is 11.7. The van der Waals surface area contributed by atoms with Gasteiger partial charge in [-0.1, -0.05) is 13.3 Å². The average molecular weight is 347 g/mol. The first-order valence-corrected chi connectivity index (χ1v) is 8.78. The van der Waals surface area contributed by atoms with Gasteiger partial charge in [0.15, 0.2) is 0 Å². The maximum Gasteiger partial charge on any atom is 0.498 e. The molecule has 0 N–H and O–H groups in total. The van der Waals surface area contributed by atoms with E-state index in [0.717, 1.165) is 24.0 Å². The van der Waals surface area contributed by atoms with Gasteiger partial charge in [0.25, 0.3) is 0 Å². The minimum atomic E-state index is -0.436. The van der Waals surface area contributed by atoms with Crippen molar-refractivity contribution in [1.29, 1.82) is 0 Å². The quantitative estimate of drug-likeness (QED) is 0.604. The smallest absolute Gasteiger partial charge is 0.449 e. The third-order valence-electron chi connectivity index (χ3n) is 5.02. The van der Waals surface area contributed by atoms with E-state index in [-0.39, 0.29) is 17.3 Å². The Balaban J connectivity index is 1.60. The molecule has 7 nitrogen and oxygen atoms in total. The van der Waals surface area contributed by atoms with Gasteiger partial charge in [0.1, 0.15) is 0 Å². The van der Waals surface area contributed by atoms with Gasteiger partial charge in [-0.25, -0.2) is 9.48 Å². The summed E-state index contributed by atoms with van der Waals surface area (Å²) in [6.45, 7) is 11.1. The number of aromatic nitrogens is 2. The second-order valence-electron chi connectivity index (χ2n) is 7.52. The van der Waals surface area contributed by atoms with Crippen molar-refractivity contribution in [2.75, 3.05) is 13.2 Å². The molecule has 8 heteroatoms. The molecule has 0 radical (unpaired) electrons. The van der Waals surface area contributed by atoms with Gasteiger partial charge in [-0.15, -0.1) is 0 Å². The van der Waals surface area contributed by atoms with E-state index in [1.807, 2.05) is 33.9 Å². The summed E-state index contributed by atoms with van der Waals surface area (Å²) < 4.78 is 19.0. The van der Waals surface area contributed by atoms with Crippen LogP contribution in [0.25, 0.3) is 5.70 Å². The molecular formula is C17H26BN3O4. The monoisotopic (exact) mass is 347 g/mol. The molecule has 1 saturated heterocycles. The second kappa shape index (κ2) is 6.50. The molecule has 1 amide bonds. The summed E-state index contributed by atoms with van der Waals surface area (Å²) in [4.78, 5) is 13.4. The van der Waals surface area contributed by atoms with Crippen molar-refractivity contribution in [3.63, 3.8) is 0 Å². The fourth-order valence-corrected chi connectivity index (χ4v) is 2.56. The van der Waals surface area contributed by atoms with Crippen LogP contribution < -0.4 is 5.46 Å². The zero-order chi connectivity index (χ0) is 18.2. The molecule has 136 valence electrons. The van der Waals surface area contributed by atoms with E-state index in [2.05, 4.69) is 12.0 Å². The van der Waals surface area contributed by atoms with Gasteiger partial charge in [0, 0.05) is 24.1 Å². The van der Waals surface area contributed by atoms with Crippen molar-refractivity contribution < 1.29 is 18.8 Å². The zero-order valence-electron chi connectivity index (χ0n) is 15.6. The van der Waals surface area contributed by atoms with Crippen LogP contribution in [0.1, 0.15) is 47.5 Å². The highest BCUT2D eigenvalue weighted by Gasteiger charge is 2.52. The lowest BCUT2D eigenvalue weighted by Gasteiger charge is -2.32. The predicted octanol–water partition coefficient (Wildman–Crippen LogP) is 2.23. The Morgan fingerprint density at radius 1 is 1.32 bits per heavy atom. The summed E-state index contributed by atoms with van der Waals surface area (Å²) in [6, 6.07) is 0. The maximum atomic E-state index is 11.8. The van der Waals surface area contributed by atoms with E-state index in [1.54, 1.807) is 22.0 Å². The molecule has 1 aromatic rings. The van der Waals surface area contributed by atoms with E-state index in [1.165, 1.54) is 0 Å². The Labute approximate surface area is 149 Å². The van der Waals surface area contributed by atoms with Gasteiger partial charge in [-0.05, 0) is 34.1 Å². The van der Waals surface area contributed by atoms with E-state index in [9.17, 15) is 4.79 Å². The fraction of sp³-hybridized carbons (Fsp3) is 0.647. The Hall–Kier alpha value is -1.80. The molecule has 25 heavy (non-hydrogen) atoms. The van der Waals surface area contributed by atoms with Crippen molar-refractivity contribution in [3.8, 4) is 0 Å². The number of amides is 1. The fourth-order valence-electron chi connectivity index (χ4n) is 2.56. The Morgan fingerprint density at radius 2 is 1.96 bits per heavy atom. The molecule has 0 aromatic carbocycles. The third-order valence-corrected chi connectivity index (χ3v) is 5.02. The van der Waals surface area contributed by atoms with Crippen LogP contribution in [0, 0.1) is 0 Å². The molecule has 1 aromatic heterocycles. The minimum Gasteiger partial charge on any atom is -0.449 e. The van der Waals surface area contributed by atoms with Crippen LogP contribution in [0.3, 0.4) is 0 Å². The van der Waals surface area contributed by atoms with Gasteiger partial charge < -0.3 is 14.0 Å². The van der Waals surface area contributed by atoms with Crippen LogP contribution in [0.5, 0.6) is 0 Å². The topological polar surface area (TPSA) is 65.8 Å². The van der Waals surface area contributed by atoms with Crippen LogP contribution in [0.15, 0.2) is 18.6 Å². The lowest BCUT2D eigenvalue weighted by Crippen LogP contribution is -2.41. The number of rotatable bonds is 5. The van der Waals surface area contributed by atoms with Crippen LogP contribution in [0.2, 0.25) is 0 Å². The van der Waals surface area contributed by atoms with Gasteiger partial charge in [-0.3, -0.25) is 4.90 Å². The number of hydrogen-bond donors (Lipinski definition) is 0. The predicted molar refractivity (Wildman–Crippen MR) is 95.2 cm³/mol. The normalized spacial score (nSPS) is 21.1. The zero-order valence-corrected chi connectivity index (χ0v) is 15.6. The number of unbranched alkanes of at least 4 members (excludes halogenated alkanes) is 1. The Morgan fingerprint density at radius 3 is 2.56 bits per heavy atom. The van der Waals surface area contributed by atoms with Crippen LogP contribution in [-0.4, -0.2) is 52.2 Å². The highest BCUT2D eigenvalue weighted by molar-refractivity contribution is 6.62. The van der Waals surface area contributed by atoms with Gasteiger partial charge in [0.05, 0.1) is 30.1 Å². The first-order valence-electron chi connectivity index (χ1n) is 8.78. The molecule has 2 aliphatic rings. The summed E-state index contributed by atoms with van der Waals surface area (Å²) >= 11 is 0. The number of carbonyl (C=O) groups is 1. The summed E-state index contributed by atoms with van der Waals surface area (Å²) in [5.41, 5.74) is 1.03. The van der Waals surface area contributed by atoms with Gasteiger partial charge >= 0.3 is 13.2 Å². The van der Waals surface area contributed by atoms with E-state index < -0.39 is 7.12 Å². The maximum absolute atomic E-state index is 11.8. The number of ether oxygens (including phenoxy) is 1. The van der Waals surface area contributed by atoms with Crippen molar-refractivity contribution in [2.45, 2.75) is 58.7 Å². The molecule has 3 heterocycles. The van der Waals surface area contributed by atoms with Gasteiger partial charge in [-0.2, -0.15) is 5.10 Å². The molecule has 0 aliphatic carbocycles. The third kappa shape index (κ3) is 3.46. The second-order valence-corrected chi connectivity index (χ2v) is 7.52. The molecule has 0 atom stereocenters. The minimum absolute atomic E-state index is 0.310. The largest absolute Gasteiger partial charge is 0.498 e. The molecule has 1 fully saturated rings. The van der Waals surface area contributed by atoms with Crippen molar-refractivity contribution >= 4 is 24.4 Å². The number of nitrogens with zero attached hydrogens (tertiary/aromatic N) is 3. The highest BCUT2D eigenvalue weighted by atomic mass is 16.7. The molecule has 0 unspecified atom stereocenters. The standard InChI is InChI=1S/C17H26BN3O4/c1-6-7-8-23-15(22)20-11-14(12-20)21-10-13(9-19-21)18-24-16(2,3)17(4,5)25-18/h9-11H,6-8,12H2,1-5H3. The van der Waals surface area contributed by atoms with Crippen molar-refractivity contribution in [1.82, 2.24) is 14.7 Å². The lowest BCUT2D eigenvalue weighted by molar-refractivity contribution is 0.00578. The SMILES string of the molecule is CCCCOC(=O)N1C=C(n2cc(B3OC(C)(C)C(C)(C)O3)cn2)C1. The molecule has 3 rings (SSSR count). The molecule has 0 bridgehead atoms.